The maximum atomic E-state index is 5.37. The van der Waals surface area contributed by atoms with Crippen LogP contribution in [0.15, 0.2) is 115 Å². The molecule has 0 radical (unpaired) electrons. The Kier molecular flexibility index (Phi) is 5.87. The van der Waals surface area contributed by atoms with Crippen LogP contribution in [0.5, 0.6) is 0 Å². The summed E-state index contributed by atoms with van der Waals surface area (Å²) in [5.41, 5.74) is 11.9. The van der Waals surface area contributed by atoms with Gasteiger partial charge in [-0.1, -0.05) is 97.1 Å². The topological polar surface area (TPSA) is 26.0 Å². The van der Waals surface area contributed by atoms with Gasteiger partial charge in [0.25, 0.3) is 0 Å². The highest BCUT2D eigenvalue weighted by molar-refractivity contribution is 5.88. The lowest BCUT2D eigenvalue weighted by Crippen LogP contribution is -1.88. The molecule has 0 aliphatic heterocycles. The maximum absolute atomic E-state index is 5.37. The molecule has 0 saturated heterocycles. The third-order valence-corrected chi connectivity index (χ3v) is 5.15. The van der Waals surface area contributed by atoms with E-state index >= 15 is 0 Å². The van der Waals surface area contributed by atoms with Crippen LogP contribution in [0.2, 0.25) is 0 Å². The van der Waals surface area contributed by atoms with E-state index in [1.807, 2.05) is 12.2 Å². The lowest BCUT2D eigenvalue weighted by atomic mass is 9.97. The molecule has 0 atom stereocenters. The van der Waals surface area contributed by atoms with Crippen LogP contribution < -0.4 is 5.73 Å². The number of nitrogens with two attached hydrogens (primary N) is 1. The van der Waals surface area contributed by atoms with Gasteiger partial charge in [0.1, 0.15) is 0 Å². The van der Waals surface area contributed by atoms with Gasteiger partial charge in [-0.05, 0) is 69.8 Å². The van der Waals surface area contributed by atoms with Crippen molar-refractivity contribution in [2.24, 2.45) is 5.73 Å². The summed E-state index contributed by atoms with van der Waals surface area (Å²) in [6.45, 7) is 0. The first kappa shape index (κ1) is 18.8. The van der Waals surface area contributed by atoms with Gasteiger partial charge in [0.05, 0.1) is 0 Å². The largest absolute Gasteiger partial charge is 0.405 e. The third kappa shape index (κ3) is 4.83. The molecule has 0 aromatic heterocycles. The fraction of sp³-hybridized carbons (Fsp3) is 0.0714. The van der Waals surface area contributed by atoms with Gasteiger partial charge in [-0.25, -0.2) is 0 Å². The standard InChI is InChI=1S/C28H25N/c29-18-6-2-5-9-23-10-15-26-16-17-27(21-28(26)20-23)25-13-11-24(12-14-25)19-22-7-3-1-4-8-22/h1-8,10-18,20-21H,9,19,29H2/b5-2-,18-6-. The second-order valence-corrected chi connectivity index (χ2v) is 7.27. The number of rotatable bonds is 6. The van der Waals surface area contributed by atoms with Crippen LogP contribution in [0, 0.1) is 0 Å². The Bertz CT molecular complexity index is 1140. The Morgan fingerprint density at radius 1 is 0.586 bits per heavy atom. The van der Waals surface area contributed by atoms with Crippen molar-refractivity contribution in [3.63, 3.8) is 0 Å². The number of hydrogen-bond donors (Lipinski definition) is 1. The van der Waals surface area contributed by atoms with E-state index in [-0.39, 0.29) is 0 Å². The fourth-order valence-electron chi connectivity index (χ4n) is 3.60. The van der Waals surface area contributed by atoms with Crippen LogP contribution >= 0.6 is 0 Å². The second-order valence-electron chi connectivity index (χ2n) is 7.27. The highest BCUT2D eigenvalue weighted by Crippen LogP contribution is 2.26. The number of benzene rings is 4. The van der Waals surface area contributed by atoms with Crippen molar-refractivity contribution in [1.29, 1.82) is 0 Å². The zero-order chi connectivity index (χ0) is 19.9. The van der Waals surface area contributed by atoms with Gasteiger partial charge in [-0.15, -0.1) is 0 Å². The Balaban J connectivity index is 1.55. The molecule has 0 aliphatic carbocycles. The average Bonchev–Trinajstić information content (AvgIpc) is 2.77. The minimum Gasteiger partial charge on any atom is -0.405 e. The van der Waals surface area contributed by atoms with Crippen LogP contribution in [0.4, 0.5) is 0 Å². The first-order valence-corrected chi connectivity index (χ1v) is 10.0. The van der Waals surface area contributed by atoms with Crippen molar-refractivity contribution in [2.75, 3.05) is 0 Å². The second kappa shape index (κ2) is 9.07. The molecule has 29 heavy (non-hydrogen) atoms. The Morgan fingerprint density at radius 3 is 2.07 bits per heavy atom. The van der Waals surface area contributed by atoms with E-state index in [9.17, 15) is 0 Å². The van der Waals surface area contributed by atoms with Crippen LogP contribution in [0.25, 0.3) is 21.9 Å². The van der Waals surface area contributed by atoms with Crippen molar-refractivity contribution >= 4 is 10.8 Å². The number of allylic oxidation sites excluding steroid dienone is 3. The van der Waals surface area contributed by atoms with E-state index in [0.29, 0.717) is 0 Å². The van der Waals surface area contributed by atoms with Gasteiger partial charge in [0.2, 0.25) is 0 Å². The quantitative estimate of drug-likeness (QED) is 0.374. The molecule has 4 aromatic rings. The molecule has 1 heteroatoms. The molecule has 0 bridgehead atoms. The molecular weight excluding hydrogens is 350 g/mol. The van der Waals surface area contributed by atoms with Crippen molar-refractivity contribution in [1.82, 2.24) is 0 Å². The lowest BCUT2D eigenvalue weighted by Gasteiger charge is -2.08. The smallest absolute Gasteiger partial charge is 0.00258 e. The predicted octanol–water partition coefficient (Wildman–Crippen LogP) is 6.67. The molecule has 0 fully saturated rings. The zero-order valence-corrected chi connectivity index (χ0v) is 16.5. The molecule has 0 spiro atoms. The molecule has 1 nitrogen and oxygen atoms in total. The van der Waals surface area contributed by atoms with Gasteiger partial charge >= 0.3 is 0 Å². The highest BCUT2D eigenvalue weighted by atomic mass is 14.5. The van der Waals surface area contributed by atoms with Gasteiger partial charge in [-0.2, -0.15) is 0 Å². The maximum Gasteiger partial charge on any atom is -0.00258 e. The van der Waals surface area contributed by atoms with Gasteiger partial charge < -0.3 is 5.73 Å². The SMILES string of the molecule is N/C=C\C=C/Cc1ccc2ccc(-c3ccc(Cc4ccccc4)cc3)cc2c1. The minimum absolute atomic E-state index is 0.901. The van der Waals surface area contributed by atoms with Gasteiger partial charge in [0, 0.05) is 0 Å². The number of hydrogen-bond acceptors (Lipinski definition) is 1. The molecule has 0 amide bonds. The van der Waals surface area contributed by atoms with Gasteiger partial charge in [0.15, 0.2) is 0 Å². The molecule has 0 saturated carbocycles. The van der Waals surface area contributed by atoms with Crippen LogP contribution in [-0.2, 0) is 12.8 Å². The monoisotopic (exact) mass is 375 g/mol. The van der Waals surface area contributed by atoms with Crippen LogP contribution in [-0.4, -0.2) is 0 Å². The third-order valence-electron chi connectivity index (χ3n) is 5.15. The van der Waals surface area contributed by atoms with E-state index in [1.54, 1.807) is 6.20 Å². The van der Waals surface area contributed by atoms with Gasteiger partial charge in [-0.3, -0.25) is 0 Å². The van der Waals surface area contributed by atoms with Crippen LogP contribution in [0.3, 0.4) is 0 Å². The number of fused-ring (bicyclic) bond motifs is 1. The Labute approximate surface area is 172 Å². The fourth-order valence-corrected chi connectivity index (χ4v) is 3.60. The Morgan fingerprint density at radius 2 is 1.28 bits per heavy atom. The van der Waals surface area contributed by atoms with E-state index in [4.69, 9.17) is 5.73 Å². The summed E-state index contributed by atoms with van der Waals surface area (Å²) in [6, 6.07) is 32.9. The molecule has 0 unspecified atom stereocenters. The summed E-state index contributed by atoms with van der Waals surface area (Å²) in [7, 11) is 0. The molecular formula is C28H25N. The molecule has 0 heterocycles. The first-order valence-electron chi connectivity index (χ1n) is 10.0. The predicted molar refractivity (Wildman–Crippen MR) is 125 cm³/mol. The molecule has 4 aromatic carbocycles. The molecule has 142 valence electrons. The molecule has 2 N–H and O–H groups in total. The minimum atomic E-state index is 0.901. The zero-order valence-electron chi connectivity index (χ0n) is 16.5. The summed E-state index contributed by atoms with van der Waals surface area (Å²) < 4.78 is 0. The van der Waals surface area contributed by atoms with Crippen LogP contribution in [0.1, 0.15) is 16.7 Å². The van der Waals surface area contributed by atoms with Crippen molar-refractivity contribution < 1.29 is 0 Å². The average molecular weight is 376 g/mol. The summed E-state index contributed by atoms with van der Waals surface area (Å²) in [5, 5.41) is 2.54. The summed E-state index contributed by atoms with van der Waals surface area (Å²) in [5.74, 6) is 0. The normalized spacial score (nSPS) is 11.6. The lowest BCUT2D eigenvalue weighted by molar-refractivity contribution is 1.19. The molecule has 4 rings (SSSR count). The summed E-state index contributed by atoms with van der Waals surface area (Å²) in [6.07, 6.45) is 9.38. The summed E-state index contributed by atoms with van der Waals surface area (Å²) >= 11 is 0. The first-order chi connectivity index (χ1) is 14.3. The molecule has 0 aliphatic rings. The van der Waals surface area contributed by atoms with E-state index in [2.05, 4.69) is 97.1 Å². The summed E-state index contributed by atoms with van der Waals surface area (Å²) in [4.78, 5) is 0. The van der Waals surface area contributed by atoms with Crippen molar-refractivity contribution in [2.45, 2.75) is 12.8 Å². The van der Waals surface area contributed by atoms with E-state index in [1.165, 1.54) is 38.6 Å². The van der Waals surface area contributed by atoms with E-state index < -0.39 is 0 Å². The van der Waals surface area contributed by atoms with Crippen molar-refractivity contribution in [3.05, 3.63) is 132 Å². The Hall–Kier alpha value is -3.58. The van der Waals surface area contributed by atoms with Crippen molar-refractivity contribution in [3.8, 4) is 11.1 Å². The van der Waals surface area contributed by atoms with E-state index in [0.717, 1.165) is 12.8 Å². The highest BCUT2D eigenvalue weighted by Gasteiger charge is 2.02.